The summed E-state index contributed by atoms with van der Waals surface area (Å²) in [7, 11) is 0. The van der Waals surface area contributed by atoms with Crippen molar-refractivity contribution in [1.82, 2.24) is 10.4 Å². The third kappa shape index (κ3) is 2.47. The van der Waals surface area contributed by atoms with E-state index in [1.165, 1.54) is 11.1 Å². The van der Waals surface area contributed by atoms with Gasteiger partial charge in [0.2, 0.25) is 0 Å². The Balaban J connectivity index is 2.20. The fourth-order valence-electron chi connectivity index (χ4n) is 1.74. The highest BCUT2D eigenvalue weighted by atomic mass is 32.1. The first kappa shape index (κ1) is 11.3. The van der Waals surface area contributed by atoms with Crippen LogP contribution in [0.2, 0.25) is 0 Å². The Morgan fingerprint density at radius 1 is 1.50 bits per heavy atom. The van der Waals surface area contributed by atoms with Crippen LogP contribution in [0.4, 0.5) is 0 Å². The maximum Gasteiger partial charge on any atom is 0.0675 e. The summed E-state index contributed by atoms with van der Waals surface area (Å²) in [6.45, 7) is 2.06. The van der Waals surface area contributed by atoms with Gasteiger partial charge in [-0.15, -0.1) is 0 Å². The Morgan fingerprint density at radius 3 is 3.00 bits per heavy atom. The molecular weight excluding hydrogens is 218 g/mol. The van der Waals surface area contributed by atoms with Gasteiger partial charge in [-0.1, -0.05) is 6.07 Å². The lowest BCUT2D eigenvalue weighted by molar-refractivity contribution is 0.536. The molecule has 2 heterocycles. The quantitative estimate of drug-likeness (QED) is 0.629. The Bertz CT molecular complexity index is 439. The number of aryl methyl sites for hydroxylation is 1. The average molecular weight is 233 g/mol. The molecule has 0 aromatic carbocycles. The number of nitrogens with two attached hydrogens (primary N) is 1. The molecule has 16 heavy (non-hydrogen) atoms. The van der Waals surface area contributed by atoms with Crippen molar-refractivity contribution < 1.29 is 0 Å². The van der Waals surface area contributed by atoms with Crippen LogP contribution in [0.1, 0.15) is 22.9 Å². The zero-order valence-electron chi connectivity index (χ0n) is 9.18. The molecule has 0 amide bonds. The fraction of sp³-hybridized carbons (Fsp3) is 0.250. The number of hydrazine groups is 1. The van der Waals surface area contributed by atoms with Crippen molar-refractivity contribution in [3.05, 3.63) is 52.0 Å². The largest absolute Gasteiger partial charge is 0.271 e. The normalized spacial score (nSPS) is 12.6. The molecule has 0 saturated carbocycles. The van der Waals surface area contributed by atoms with Gasteiger partial charge >= 0.3 is 0 Å². The van der Waals surface area contributed by atoms with Gasteiger partial charge in [-0.05, 0) is 47.4 Å². The first-order valence-corrected chi connectivity index (χ1v) is 6.14. The summed E-state index contributed by atoms with van der Waals surface area (Å²) in [6, 6.07) is 6.20. The van der Waals surface area contributed by atoms with E-state index < -0.39 is 0 Å². The zero-order chi connectivity index (χ0) is 11.4. The second kappa shape index (κ2) is 5.21. The van der Waals surface area contributed by atoms with E-state index in [0.717, 1.165) is 12.1 Å². The first-order chi connectivity index (χ1) is 7.81. The van der Waals surface area contributed by atoms with E-state index >= 15 is 0 Å². The molecule has 2 aromatic rings. The van der Waals surface area contributed by atoms with E-state index in [1.54, 1.807) is 17.5 Å². The molecule has 3 nitrogen and oxygen atoms in total. The van der Waals surface area contributed by atoms with Gasteiger partial charge in [-0.3, -0.25) is 16.3 Å². The summed E-state index contributed by atoms with van der Waals surface area (Å²) in [5, 5.41) is 4.22. The van der Waals surface area contributed by atoms with Crippen molar-refractivity contribution in [2.75, 3.05) is 0 Å². The van der Waals surface area contributed by atoms with E-state index in [4.69, 9.17) is 5.84 Å². The molecule has 1 unspecified atom stereocenters. The summed E-state index contributed by atoms with van der Waals surface area (Å²) < 4.78 is 0. The lowest BCUT2D eigenvalue weighted by Gasteiger charge is -2.16. The van der Waals surface area contributed by atoms with E-state index in [2.05, 4.69) is 40.2 Å². The lowest BCUT2D eigenvalue weighted by Crippen LogP contribution is -2.30. The van der Waals surface area contributed by atoms with Gasteiger partial charge in [0.05, 0.1) is 11.7 Å². The molecule has 0 fully saturated rings. The second-order valence-corrected chi connectivity index (χ2v) is 4.54. The van der Waals surface area contributed by atoms with Gasteiger partial charge in [-0.2, -0.15) is 11.3 Å². The Kier molecular flexibility index (Phi) is 3.66. The van der Waals surface area contributed by atoms with Crippen LogP contribution in [0.5, 0.6) is 0 Å². The van der Waals surface area contributed by atoms with Crippen LogP contribution in [0, 0.1) is 6.92 Å². The number of hydrogen-bond donors (Lipinski definition) is 2. The topological polar surface area (TPSA) is 50.9 Å². The minimum Gasteiger partial charge on any atom is -0.271 e. The van der Waals surface area contributed by atoms with Crippen molar-refractivity contribution in [2.24, 2.45) is 5.84 Å². The molecular formula is C12H15N3S. The van der Waals surface area contributed by atoms with Crippen LogP contribution < -0.4 is 11.3 Å². The molecule has 84 valence electrons. The van der Waals surface area contributed by atoms with Crippen molar-refractivity contribution in [3.8, 4) is 0 Å². The number of aromatic nitrogens is 1. The molecule has 0 spiro atoms. The van der Waals surface area contributed by atoms with Crippen molar-refractivity contribution >= 4 is 11.3 Å². The number of pyridine rings is 1. The molecule has 4 heteroatoms. The Labute approximate surface area is 99.3 Å². The van der Waals surface area contributed by atoms with E-state index in [9.17, 15) is 0 Å². The third-order valence-electron chi connectivity index (χ3n) is 2.60. The van der Waals surface area contributed by atoms with E-state index in [0.29, 0.717) is 0 Å². The molecule has 0 radical (unpaired) electrons. The summed E-state index contributed by atoms with van der Waals surface area (Å²) in [4.78, 5) is 4.39. The highest BCUT2D eigenvalue weighted by Crippen LogP contribution is 2.19. The van der Waals surface area contributed by atoms with Crippen LogP contribution in [0.25, 0.3) is 0 Å². The van der Waals surface area contributed by atoms with Crippen molar-refractivity contribution in [1.29, 1.82) is 0 Å². The number of nitrogens with one attached hydrogen (secondary N) is 1. The number of rotatable bonds is 4. The van der Waals surface area contributed by atoms with Crippen LogP contribution in [0.3, 0.4) is 0 Å². The van der Waals surface area contributed by atoms with Crippen molar-refractivity contribution in [2.45, 2.75) is 19.4 Å². The molecule has 0 aliphatic carbocycles. The highest BCUT2D eigenvalue weighted by molar-refractivity contribution is 7.07. The van der Waals surface area contributed by atoms with Gasteiger partial charge in [0.1, 0.15) is 0 Å². The van der Waals surface area contributed by atoms with E-state index in [1.807, 2.05) is 6.07 Å². The standard InChI is InChI=1S/C12H15N3S/c1-9-3-2-5-14-12(9)11(15-13)7-10-4-6-16-8-10/h2-6,8,11,15H,7,13H2,1H3. The Hall–Kier alpha value is -1.23. The molecule has 0 aliphatic rings. The molecule has 1 atom stereocenters. The van der Waals surface area contributed by atoms with Gasteiger partial charge in [0, 0.05) is 6.20 Å². The molecule has 2 aromatic heterocycles. The zero-order valence-corrected chi connectivity index (χ0v) is 10.00. The van der Waals surface area contributed by atoms with Gasteiger partial charge in [0.25, 0.3) is 0 Å². The Morgan fingerprint density at radius 2 is 2.38 bits per heavy atom. The summed E-state index contributed by atoms with van der Waals surface area (Å²) in [6.07, 6.45) is 2.68. The number of nitrogens with zero attached hydrogens (tertiary/aromatic N) is 1. The molecule has 3 N–H and O–H groups in total. The van der Waals surface area contributed by atoms with Gasteiger partial charge in [0.15, 0.2) is 0 Å². The summed E-state index contributed by atoms with van der Waals surface area (Å²) in [5.41, 5.74) is 6.32. The predicted molar refractivity (Wildman–Crippen MR) is 67.1 cm³/mol. The molecule has 2 rings (SSSR count). The fourth-order valence-corrected chi connectivity index (χ4v) is 2.42. The molecule has 0 saturated heterocycles. The minimum atomic E-state index is 0.0794. The summed E-state index contributed by atoms with van der Waals surface area (Å²) in [5.74, 6) is 5.60. The average Bonchev–Trinajstić information content (AvgIpc) is 2.80. The smallest absolute Gasteiger partial charge is 0.0675 e. The maximum atomic E-state index is 5.60. The molecule has 0 bridgehead atoms. The predicted octanol–water partition coefficient (Wildman–Crippen LogP) is 2.20. The highest BCUT2D eigenvalue weighted by Gasteiger charge is 2.14. The summed E-state index contributed by atoms with van der Waals surface area (Å²) >= 11 is 1.70. The number of hydrogen-bond acceptors (Lipinski definition) is 4. The van der Waals surface area contributed by atoms with Crippen LogP contribution >= 0.6 is 11.3 Å². The van der Waals surface area contributed by atoms with Crippen LogP contribution in [-0.4, -0.2) is 4.98 Å². The van der Waals surface area contributed by atoms with Crippen LogP contribution in [0.15, 0.2) is 35.2 Å². The van der Waals surface area contributed by atoms with Crippen molar-refractivity contribution in [3.63, 3.8) is 0 Å². The molecule has 0 aliphatic heterocycles. The second-order valence-electron chi connectivity index (χ2n) is 3.76. The number of thiophene rings is 1. The van der Waals surface area contributed by atoms with Gasteiger partial charge in [-0.25, -0.2) is 0 Å². The third-order valence-corrected chi connectivity index (χ3v) is 3.33. The minimum absolute atomic E-state index is 0.0794. The lowest BCUT2D eigenvalue weighted by atomic mass is 10.0. The SMILES string of the molecule is Cc1cccnc1C(Cc1ccsc1)NN. The monoisotopic (exact) mass is 233 g/mol. The maximum absolute atomic E-state index is 5.60. The first-order valence-electron chi connectivity index (χ1n) is 5.20. The van der Waals surface area contributed by atoms with Crippen LogP contribution in [-0.2, 0) is 6.42 Å². The van der Waals surface area contributed by atoms with E-state index in [-0.39, 0.29) is 6.04 Å². The van der Waals surface area contributed by atoms with Gasteiger partial charge < -0.3 is 0 Å².